The first-order valence-electron chi connectivity index (χ1n) is 7.00. The van der Waals surface area contributed by atoms with Gasteiger partial charge in [0.05, 0.1) is 23.8 Å². The van der Waals surface area contributed by atoms with Crippen molar-refractivity contribution in [3.05, 3.63) is 41.3 Å². The molecule has 0 bridgehead atoms. The van der Waals surface area contributed by atoms with Gasteiger partial charge < -0.3 is 9.57 Å². The number of halogens is 4. The summed E-state index contributed by atoms with van der Waals surface area (Å²) < 4.78 is 67.6. The van der Waals surface area contributed by atoms with Gasteiger partial charge in [-0.3, -0.25) is 9.71 Å². The van der Waals surface area contributed by atoms with Crippen LogP contribution in [0.5, 0.6) is 11.6 Å². The number of nitrogens with one attached hydrogen (secondary N) is 1. The lowest BCUT2D eigenvalue weighted by Crippen LogP contribution is -2.30. The van der Waals surface area contributed by atoms with Crippen LogP contribution in [0.25, 0.3) is 0 Å². The molecule has 146 valence electrons. The van der Waals surface area contributed by atoms with E-state index in [1.165, 1.54) is 43.3 Å². The number of ether oxygens (including phenoxy) is 1. The lowest BCUT2D eigenvalue weighted by molar-refractivity contribution is -0.0429. The van der Waals surface area contributed by atoms with Crippen LogP contribution in [0, 0.1) is 0 Å². The van der Waals surface area contributed by atoms with Gasteiger partial charge in [0, 0.05) is 5.56 Å². The number of hydrogen-bond acceptors (Lipinski definition) is 7. The van der Waals surface area contributed by atoms with Gasteiger partial charge in [-0.05, 0) is 25.1 Å². The number of nitrogens with zero attached hydrogens (tertiary/aromatic N) is 3. The Morgan fingerprint density at radius 1 is 1.30 bits per heavy atom. The quantitative estimate of drug-likeness (QED) is 0.562. The summed E-state index contributed by atoms with van der Waals surface area (Å²) >= 11 is 5.70. The van der Waals surface area contributed by atoms with Crippen LogP contribution in [-0.4, -0.2) is 36.7 Å². The molecule has 1 aromatic heterocycles. The van der Waals surface area contributed by atoms with E-state index in [9.17, 15) is 21.6 Å². The van der Waals surface area contributed by atoms with Gasteiger partial charge >= 0.3 is 15.5 Å². The number of benzene rings is 1. The molecule has 0 aliphatic rings. The molecule has 1 aromatic carbocycles. The SMILES string of the molecule is CON=C(C)c1cc(Oc2cncc(Cl)n2)ccc1NS(=O)(=O)C(F)(F)F. The third kappa shape index (κ3) is 5.20. The van der Waals surface area contributed by atoms with E-state index in [1.807, 2.05) is 0 Å². The molecule has 0 radical (unpaired) electrons. The third-order valence-electron chi connectivity index (χ3n) is 2.96. The van der Waals surface area contributed by atoms with Gasteiger partial charge in [-0.25, -0.2) is 0 Å². The van der Waals surface area contributed by atoms with Gasteiger partial charge in [-0.1, -0.05) is 16.8 Å². The highest BCUT2D eigenvalue weighted by Crippen LogP contribution is 2.30. The molecule has 13 heteroatoms. The number of aromatic nitrogens is 2. The first-order valence-corrected chi connectivity index (χ1v) is 8.86. The van der Waals surface area contributed by atoms with E-state index < -0.39 is 15.5 Å². The van der Waals surface area contributed by atoms with Crippen LogP contribution in [0.3, 0.4) is 0 Å². The summed E-state index contributed by atoms with van der Waals surface area (Å²) in [5.74, 6) is 0.153. The molecule has 0 aliphatic carbocycles. The lowest BCUT2D eigenvalue weighted by atomic mass is 10.1. The summed E-state index contributed by atoms with van der Waals surface area (Å²) in [4.78, 5) is 12.2. The molecule has 27 heavy (non-hydrogen) atoms. The van der Waals surface area contributed by atoms with Gasteiger partial charge in [0.25, 0.3) is 0 Å². The number of alkyl halides is 3. The number of anilines is 1. The lowest BCUT2D eigenvalue weighted by Gasteiger charge is -2.15. The van der Waals surface area contributed by atoms with E-state index >= 15 is 0 Å². The average Bonchev–Trinajstić information content (AvgIpc) is 2.55. The Morgan fingerprint density at radius 3 is 2.59 bits per heavy atom. The fourth-order valence-electron chi connectivity index (χ4n) is 1.86. The van der Waals surface area contributed by atoms with Gasteiger partial charge in [0.2, 0.25) is 5.88 Å². The number of sulfonamides is 1. The summed E-state index contributed by atoms with van der Waals surface area (Å²) in [6, 6.07) is 3.58. The van der Waals surface area contributed by atoms with Crippen LogP contribution in [0.4, 0.5) is 18.9 Å². The fraction of sp³-hybridized carbons (Fsp3) is 0.214. The average molecular weight is 425 g/mol. The second kappa shape index (κ2) is 7.96. The van der Waals surface area contributed by atoms with Crippen LogP contribution in [0.2, 0.25) is 5.15 Å². The Labute approximate surface area is 157 Å². The maximum absolute atomic E-state index is 12.6. The Bertz CT molecular complexity index is 967. The number of oxime groups is 1. The van der Waals surface area contributed by atoms with E-state index in [1.54, 1.807) is 0 Å². The molecule has 0 amide bonds. The fourth-order valence-corrected chi connectivity index (χ4v) is 2.58. The molecular formula is C14H12ClF3N4O4S. The smallest absolute Gasteiger partial charge is 0.437 e. The topological polar surface area (TPSA) is 103 Å². The Kier molecular flexibility index (Phi) is 6.11. The van der Waals surface area contributed by atoms with Gasteiger partial charge in [-0.15, -0.1) is 0 Å². The molecule has 0 saturated heterocycles. The van der Waals surface area contributed by atoms with Crippen molar-refractivity contribution in [3.8, 4) is 11.6 Å². The largest absolute Gasteiger partial charge is 0.516 e. The molecular weight excluding hydrogens is 413 g/mol. The maximum Gasteiger partial charge on any atom is 0.516 e. The molecule has 0 fully saturated rings. The van der Waals surface area contributed by atoms with E-state index in [2.05, 4.69) is 20.0 Å². The van der Waals surface area contributed by atoms with Crippen molar-refractivity contribution in [3.63, 3.8) is 0 Å². The Morgan fingerprint density at radius 2 is 2.00 bits per heavy atom. The molecule has 2 aromatic rings. The van der Waals surface area contributed by atoms with E-state index in [-0.39, 0.29) is 33.7 Å². The highest BCUT2D eigenvalue weighted by Gasteiger charge is 2.46. The summed E-state index contributed by atoms with van der Waals surface area (Å²) in [7, 11) is -4.40. The molecule has 2 rings (SSSR count). The zero-order valence-corrected chi connectivity index (χ0v) is 15.4. The monoisotopic (exact) mass is 424 g/mol. The highest BCUT2D eigenvalue weighted by molar-refractivity contribution is 7.93. The first kappa shape index (κ1) is 20.7. The summed E-state index contributed by atoms with van der Waals surface area (Å²) in [6.45, 7) is 1.41. The molecule has 8 nitrogen and oxygen atoms in total. The van der Waals surface area contributed by atoms with Crippen molar-refractivity contribution in [2.24, 2.45) is 5.16 Å². The van der Waals surface area contributed by atoms with Gasteiger partial charge in [0.1, 0.15) is 12.9 Å². The van der Waals surface area contributed by atoms with Crippen molar-refractivity contribution in [1.82, 2.24) is 9.97 Å². The van der Waals surface area contributed by atoms with Gasteiger partial charge in [-0.2, -0.15) is 26.6 Å². The minimum atomic E-state index is -5.63. The Hall–Kier alpha value is -2.60. The molecule has 1 heterocycles. The molecule has 1 N–H and O–H groups in total. The zero-order chi connectivity index (χ0) is 20.2. The number of rotatable bonds is 6. The zero-order valence-electron chi connectivity index (χ0n) is 13.8. The van der Waals surface area contributed by atoms with Crippen LogP contribution in [-0.2, 0) is 14.9 Å². The van der Waals surface area contributed by atoms with Gasteiger partial charge in [0.15, 0.2) is 5.15 Å². The third-order valence-corrected chi connectivity index (χ3v) is 4.24. The van der Waals surface area contributed by atoms with Crippen LogP contribution in [0.1, 0.15) is 12.5 Å². The second-order valence-corrected chi connectivity index (χ2v) is 6.96. The molecule has 0 spiro atoms. The predicted octanol–water partition coefficient (Wildman–Crippen LogP) is 3.55. The van der Waals surface area contributed by atoms with Crippen molar-refractivity contribution < 1.29 is 31.2 Å². The van der Waals surface area contributed by atoms with Crippen molar-refractivity contribution in [2.75, 3.05) is 11.8 Å². The minimum Gasteiger partial charge on any atom is -0.437 e. The summed E-state index contributed by atoms with van der Waals surface area (Å²) in [5, 5.41) is 3.67. The second-order valence-electron chi connectivity index (χ2n) is 4.90. The van der Waals surface area contributed by atoms with E-state index in [4.69, 9.17) is 16.3 Å². The van der Waals surface area contributed by atoms with Crippen molar-refractivity contribution in [1.29, 1.82) is 0 Å². The standard InChI is InChI=1S/C14H12ClF3N4O4S/c1-8(21-25-2)10-5-9(26-13-7-19-6-12(15)20-13)3-4-11(10)22-27(23,24)14(16,17)18/h3-7,22H,1-2H3. The maximum atomic E-state index is 12.6. The van der Waals surface area contributed by atoms with Crippen molar-refractivity contribution >= 4 is 33.0 Å². The normalized spacial score (nSPS) is 12.6. The summed E-state index contributed by atoms with van der Waals surface area (Å²) in [6.07, 6.45) is 2.55. The van der Waals surface area contributed by atoms with Crippen LogP contribution < -0.4 is 9.46 Å². The molecule has 0 atom stereocenters. The first-order chi connectivity index (χ1) is 12.5. The van der Waals surface area contributed by atoms with Crippen molar-refractivity contribution in [2.45, 2.75) is 12.4 Å². The number of hydrogen-bond donors (Lipinski definition) is 1. The molecule has 0 unspecified atom stereocenters. The molecule has 0 aliphatic heterocycles. The minimum absolute atomic E-state index is 0.00263. The van der Waals surface area contributed by atoms with Crippen LogP contribution in [0.15, 0.2) is 35.7 Å². The summed E-state index contributed by atoms with van der Waals surface area (Å²) in [5.41, 5.74) is -5.76. The highest BCUT2D eigenvalue weighted by atomic mass is 35.5. The van der Waals surface area contributed by atoms with E-state index in [0.717, 1.165) is 6.07 Å². The Balaban J connectivity index is 2.45. The molecule has 0 saturated carbocycles. The van der Waals surface area contributed by atoms with E-state index in [0.29, 0.717) is 0 Å². The predicted molar refractivity (Wildman–Crippen MR) is 91.4 cm³/mol. The van der Waals surface area contributed by atoms with Crippen LogP contribution >= 0.6 is 11.6 Å².